The number of ketones is 1. The average Bonchev–Trinajstić information content (AvgIpc) is 3.94. The molecular weight excluding hydrogens is 664 g/mol. The number of ether oxygens (including phenoxy) is 4. The molecule has 2 aliphatic heterocycles. The molecular formula is C41H46N2O9. The smallest absolute Gasteiger partial charge is 0.347 e. The Kier molecular flexibility index (Phi) is 13.0. The largest absolute Gasteiger partial charge is 0.497 e. The molecule has 3 aromatic rings. The molecule has 2 aliphatic rings. The molecule has 1 fully saturated rings. The van der Waals surface area contributed by atoms with Crippen molar-refractivity contribution in [1.82, 2.24) is 10.6 Å². The summed E-state index contributed by atoms with van der Waals surface area (Å²) in [6, 6.07) is 22.6. The van der Waals surface area contributed by atoms with E-state index in [1.54, 1.807) is 49.6 Å². The zero-order chi connectivity index (χ0) is 37.2. The van der Waals surface area contributed by atoms with E-state index in [2.05, 4.69) is 10.6 Å². The molecule has 0 bridgehead atoms. The van der Waals surface area contributed by atoms with Gasteiger partial charge in [-0.1, -0.05) is 93.6 Å². The summed E-state index contributed by atoms with van der Waals surface area (Å²) in [6.45, 7) is 5.67. The third-order valence-corrected chi connectivity index (χ3v) is 9.15. The van der Waals surface area contributed by atoms with Crippen LogP contribution in [0.5, 0.6) is 5.75 Å². The third kappa shape index (κ3) is 10.4. The van der Waals surface area contributed by atoms with Crippen LogP contribution in [0.1, 0.15) is 73.2 Å². The van der Waals surface area contributed by atoms with Crippen molar-refractivity contribution in [3.05, 3.63) is 113 Å². The molecule has 2 N–H and O–H groups in total. The zero-order valence-electron chi connectivity index (χ0n) is 29.9. The zero-order valence-corrected chi connectivity index (χ0v) is 29.9. The number of hydrogen-bond donors (Lipinski definition) is 2. The van der Waals surface area contributed by atoms with Crippen LogP contribution in [0.2, 0.25) is 0 Å². The standard InChI is InChI=1S/C41H46N2O9/c1-25(2)23-34-41(48)51-33(26(3)38-39(52-38)30-17-15-29(16-18-30)37(46)28-9-6-5-7-10-28)11-8-12-35(44)43-32(40(47)42-22-21-36(45)50-34)24-27-13-19-31(49-4)20-14-27/h5-10,12-20,25-26,32-34,38-39H,11,21-24H2,1-4H3,(H,42,47)(H,43,44)/b12-8+/t26-,32?,33-,34-,38-,39-/m0/s1. The summed E-state index contributed by atoms with van der Waals surface area (Å²) < 4.78 is 22.9. The second-order valence-electron chi connectivity index (χ2n) is 13.6. The van der Waals surface area contributed by atoms with E-state index in [1.165, 1.54) is 6.08 Å². The van der Waals surface area contributed by atoms with Crippen LogP contribution >= 0.6 is 0 Å². The molecule has 1 saturated heterocycles. The minimum absolute atomic E-state index is 0.0155. The van der Waals surface area contributed by atoms with Gasteiger partial charge in [0.2, 0.25) is 11.8 Å². The van der Waals surface area contributed by atoms with Crippen molar-refractivity contribution in [2.75, 3.05) is 13.7 Å². The van der Waals surface area contributed by atoms with E-state index < -0.39 is 42.0 Å². The van der Waals surface area contributed by atoms with Gasteiger partial charge in [-0.15, -0.1) is 0 Å². The van der Waals surface area contributed by atoms with Crippen LogP contribution < -0.4 is 15.4 Å². The van der Waals surface area contributed by atoms with Crippen molar-refractivity contribution in [2.45, 2.75) is 76.9 Å². The SMILES string of the molecule is COc1ccc(CC2NC(=O)/C=C/C[C@@H]([C@H](C)[C@@H]3O[C@H]3c3ccc(C(=O)c4ccccc4)cc3)OC(=O)[C@H](CC(C)C)OC(=O)CCNC2=O)cc1. The number of rotatable bonds is 10. The number of benzene rings is 3. The van der Waals surface area contributed by atoms with Crippen molar-refractivity contribution >= 4 is 29.5 Å². The van der Waals surface area contributed by atoms with Crippen LogP contribution in [0.3, 0.4) is 0 Å². The Bertz CT molecular complexity index is 1740. The molecule has 52 heavy (non-hydrogen) atoms. The van der Waals surface area contributed by atoms with Crippen LogP contribution in [-0.4, -0.2) is 67.5 Å². The van der Waals surface area contributed by atoms with Crippen LogP contribution in [-0.2, 0) is 39.8 Å². The molecule has 2 heterocycles. The predicted octanol–water partition coefficient (Wildman–Crippen LogP) is 5.07. The molecule has 11 nitrogen and oxygen atoms in total. The monoisotopic (exact) mass is 710 g/mol. The number of epoxide rings is 1. The van der Waals surface area contributed by atoms with Crippen LogP contribution in [0.15, 0.2) is 91.0 Å². The van der Waals surface area contributed by atoms with E-state index in [0.29, 0.717) is 16.9 Å². The number of carbonyl (C=O) groups is 5. The second kappa shape index (κ2) is 17.8. The maximum Gasteiger partial charge on any atom is 0.347 e. The van der Waals surface area contributed by atoms with Crippen molar-refractivity contribution in [2.24, 2.45) is 11.8 Å². The van der Waals surface area contributed by atoms with E-state index in [-0.39, 0.29) is 62.1 Å². The van der Waals surface area contributed by atoms with E-state index in [9.17, 15) is 24.0 Å². The molecule has 0 spiro atoms. The highest BCUT2D eigenvalue weighted by atomic mass is 16.6. The number of amides is 2. The highest BCUT2D eigenvalue weighted by molar-refractivity contribution is 6.09. The fourth-order valence-electron chi connectivity index (χ4n) is 6.16. The molecule has 1 unspecified atom stereocenters. The second-order valence-corrected chi connectivity index (χ2v) is 13.6. The van der Waals surface area contributed by atoms with Gasteiger partial charge >= 0.3 is 11.9 Å². The summed E-state index contributed by atoms with van der Waals surface area (Å²) >= 11 is 0. The van der Waals surface area contributed by atoms with Crippen molar-refractivity contribution < 1.29 is 42.9 Å². The molecule has 11 heteroatoms. The van der Waals surface area contributed by atoms with Crippen molar-refractivity contribution in [1.29, 1.82) is 0 Å². The lowest BCUT2D eigenvalue weighted by Crippen LogP contribution is -2.48. The van der Waals surface area contributed by atoms with E-state index in [1.807, 2.05) is 63.2 Å². The van der Waals surface area contributed by atoms with Gasteiger partial charge in [0.15, 0.2) is 11.9 Å². The molecule has 274 valence electrons. The Morgan fingerprint density at radius 2 is 1.58 bits per heavy atom. The Morgan fingerprint density at radius 3 is 2.25 bits per heavy atom. The molecule has 3 aromatic carbocycles. The summed E-state index contributed by atoms with van der Waals surface area (Å²) in [5, 5.41) is 5.46. The molecule has 2 amide bonds. The first kappa shape index (κ1) is 38.0. The van der Waals surface area contributed by atoms with Crippen LogP contribution in [0, 0.1) is 11.8 Å². The maximum absolute atomic E-state index is 13.5. The first-order valence-corrected chi connectivity index (χ1v) is 17.6. The molecule has 0 saturated carbocycles. The van der Waals surface area contributed by atoms with E-state index in [0.717, 1.165) is 11.1 Å². The Labute approximate surface area is 304 Å². The quantitative estimate of drug-likeness (QED) is 0.167. The lowest BCUT2D eigenvalue weighted by atomic mass is 9.93. The first-order chi connectivity index (χ1) is 25.0. The molecule has 0 aromatic heterocycles. The fourth-order valence-corrected chi connectivity index (χ4v) is 6.16. The number of cyclic esters (lactones) is 2. The molecule has 0 radical (unpaired) electrons. The fraction of sp³-hybridized carbons (Fsp3) is 0.390. The lowest BCUT2D eigenvalue weighted by molar-refractivity contribution is -0.174. The predicted molar refractivity (Wildman–Crippen MR) is 192 cm³/mol. The lowest BCUT2D eigenvalue weighted by Gasteiger charge is -2.26. The summed E-state index contributed by atoms with van der Waals surface area (Å²) in [5.74, 6) is -2.03. The summed E-state index contributed by atoms with van der Waals surface area (Å²) in [7, 11) is 1.56. The topological polar surface area (TPSA) is 150 Å². The third-order valence-electron chi connectivity index (χ3n) is 9.15. The number of carbonyl (C=O) groups excluding carboxylic acids is 5. The summed E-state index contributed by atoms with van der Waals surface area (Å²) in [4.78, 5) is 65.6. The van der Waals surface area contributed by atoms with Gasteiger partial charge in [0.25, 0.3) is 0 Å². The van der Waals surface area contributed by atoms with Gasteiger partial charge < -0.3 is 29.6 Å². The van der Waals surface area contributed by atoms with Gasteiger partial charge in [0.1, 0.15) is 24.0 Å². The normalized spacial score (nSPS) is 24.1. The summed E-state index contributed by atoms with van der Waals surface area (Å²) in [5.41, 5.74) is 2.84. The minimum atomic E-state index is -1.15. The van der Waals surface area contributed by atoms with Gasteiger partial charge in [0.05, 0.1) is 19.6 Å². The van der Waals surface area contributed by atoms with Gasteiger partial charge in [-0.25, -0.2) is 4.79 Å². The highest BCUT2D eigenvalue weighted by Crippen LogP contribution is 2.45. The van der Waals surface area contributed by atoms with E-state index >= 15 is 0 Å². The Balaban J connectivity index is 1.32. The maximum atomic E-state index is 13.5. The van der Waals surface area contributed by atoms with Gasteiger partial charge in [-0.05, 0) is 41.7 Å². The first-order valence-electron chi connectivity index (χ1n) is 17.6. The highest BCUT2D eigenvalue weighted by Gasteiger charge is 2.47. The Morgan fingerprint density at radius 1 is 0.885 bits per heavy atom. The van der Waals surface area contributed by atoms with Crippen LogP contribution in [0.4, 0.5) is 0 Å². The Hall–Kier alpha value is -5.29. The summed E-state index contributed by atoms with van der Waals surface area (Å²) in [6.07, 6.45) is 0.881. The van der Waals surface area contributed by atoms with Crippen molar-refractivity contribution in [3.8, 4) is 5.75 Å². The number of nitrogens with one attached hydrogen (secondary N) is 2. The minimum Gasteiger partial charge on any atom is -0.497 e. The molecule has 0 aliphatic carbocycles. The number of methoxy groups -OCH3 is 1. The van der Waals surface area contributed by atoms with Crippen LogP contribution in [0.25, 0.3) is 0 Å². The number of hydrogen-bond acceptors (Lipinski definition) is 9. The van der Waals surface area contributed by atoms with Gasteiger partial charge in [-0.3, -0.25) is 19.2 Å². The van der Waals surface area contributed by atoms with Crippen molar-refractivity contribution in [3.63, 3.8) is 0 Å². The van der Waals surface area contributed by atoms with Gasteiger partial charge in [-0.2, -0.15) is 0 Å². The average molecular weight is 711 g/mol. The number of esters is 2. The van der Waals surface area contributed by atoms with Gasteiger partial charge in [0, 0.05) is 36.4 Å². The van der Waals surface area contributed by atoms with E-state index in [4.69, 9.17) is 18.9 Å². The molecule has 5 rings (SSSR count). The molecule has 6 atom stereocenters.